The molecule has 0 unspecified atom stereocenters. The molecule has 2 heterocycles. The fraction of sp³-hybridized carbons (Fsp3) is 0.333. The number of carbonyl (C=O) groups excluding carboxylic acids is 1. The van der Waals surface area contributed by atoms with Crippen molar-refractivity contribution in [3.05, 3.63) is 54.4 Å². The van der Waals surface area contributed by atoms with Crippen LogP contribution in [0.3, 0.4) is 0 Å². The van der Waals surface area contributed by atoms with Gasteiger partial charge in [-0.15, -0.1) is 0 Å². The Morgan fingerprint density at radius 3 is 2.50 bits per heavy atom. The predicted octanol–water partition coefficient (Wildman–Crippen LogP) is 2.40. The average Bonchev–Trinajstić information content (AvgIpc) is 2.69. The van der Waals surface area contributed by atoms with Crippen LogP contribution in [0.4, 0.5) is 10.5 Å². The van der Waals surface area contributed by atoms with Gasteiger partial charge in [0, 0.05) is 31.2 Å². The minimum Gasteiger partial charge on any atom is -0.324 e. The number of piperidine rings is 1. The fourth-order valence-electron chi connectivity index (χ4n) is 3.11. The molecule has 0 atom stereocenters. The number of rotatable bonds is 4. The van der Waals surface area contributed by atoms with Gasteiger partial charge in [-0.05, 0) is 61.7 Å². The average molecular weight is 374 g/mol. The molecular formula is C18H22N4O3S. The molecule has 8 heteroatoms. The van der Waals surface area contributed by atoms with Crippen molar-refractivity contribution in [3.63, 3.8) is 0 Å². The van der Waals surface area contributed by atoms with Crippen LogP contribution in [0.25, 0.3) is 0 Å². The van der Waals surface area contributed by atoms with Gasteiger partial charge in [0.15, 0.2) is 0 Å². The van der Waals surface area contributed by atoms with Crippen molar-refractivity contribution in [2.75, 3.05) is 25.5 Å². The van der Waals surface area contributed by atoms with Gasteiger partial charge in [-0.2, -0.15) is 0 Å². The van der Waals surface area contributed by atoms with E-state index in [1.54, 1.807) is 29.4 Å². The van der Waals surface area contributed by atoms with Crippen molar-refractivity contribution in [2.24, 2.45) is 0 Å². The summed E-state index contributed by atoms with van der Waals surface area (Å²) >= 11 is 0. The number of benzene rings is 1. The van der Waals surface area contributed by atoms with E-state index in [2.05, 4.69) is 15.0 Å². The summed E-state index contributed by atoms with van der Waals surface area (Å²) in [6.45, 7) is 1.32. The van der Waals surface area contributed by atoms with E-state index in [-0.39, 0.29) is 10.9 Å². The van der Waals surface area contributed by atoms with Gasteiger partial charge in [0.05, 0.1) is 4.90 Å². The molecule has 2 amide bonds. The fourth-order valence-corrected chi connectivity index (χ4v) is 3.89. The van der Waals surface area contributed by atoms with Gasteiger partial charge in [0.25, 0.3) is 0 Å². The Morgan fingerprint density at radius 2 is 1.85 bits per heavy atom. The molecule has 1 saturated heterocycles. The predicted molar refractivity (Wildman–Crippen MR) is 99.5 cm³/mol. The Morgan fingerprint density at radius 1 is 1.15 bits per heavy atom. The summed E-state index contributed by atoms with van der Waals surface area (Å²) in [6.07, 6.45) is 5.37. The smallest absolute Gasteiger partial charge is 0.321 e. The van der Waals surface area contributed by atoms with E-state index in [4.69, 9.17) is 0 Å². The lowest BCUT2D eigenvalue weighted by atomic mass is 9.90. The van der Waals surface area contributed by atoms with Crippen LogP contribution in [0.1, 0.15) is 24.3 Å². The highest BCUT2D eigenvalue weighted by Crippen LogP contribution is 2.27. The summed E-state index contributed by atoms with van der Waals surface area (Å²) < 4.78 is 26.0. The van der Waals surface area contributed by atoms with Gasteiger partial charge in [0.1, 0.15) is 0 Å². The first kappa shape index (κ1) is 18.3. The minimum absolute atomic E-state index is 0.120. The Labute approximate surface area is 153 Å². The van der Waals surface area contributed by atoms with Crippen molar-refractivity contribution in [2.45, 2.75) is 23.7 Å². The number of nitrogens with one attached hydrogen (secondary N) is 2. The highest BCUT2D eigenvalue weighted by molar-refractivity contribution is 7.89. The number of hydrogen-bond acceptors (Lipinski definition) is 4. The summed E-state index contributed by atoms with van der Waals surface area (Å²) in [6, 6.07) is 10.1. The van der Waals surface area contributed by atoms with E-state index in [9.17, 15) is 13.2 Å². The third kappa shape index (κ3) is 4.20. The highest BCUT2D eigenvalue weighted by Gasteiger charge is 2.24. The molecule has 138 valence electrons. The van der Waals surface area contributed by atoms with Crippen molar-refractivity contribution in [1.82, 2.24) is 14.6 Å². The molecule has 2 aromatic rings. The first-order valence-electron chi connectivity index (χ1n) is 8.49. The third-order valence-electron chi connectivity index (χ3n) is 4.62. The number of amides is 2. The number of pyridine rings is 1. The van der Waals surface area contributed by atoms with Gasteiger partial charge >= 0.3 is 6.03 Å². The second-order valence-electron chi connectivity index (χ2n) is 6.21. The van der Waals surface area contributed by atoms with Crippen LogP contribution in [0.5, 0.6) is 0 Å². The maximum atomic E-state index is 12.5. The largest absolute Gasteiger partial charge is 0.324 e. The maximum absolute atomic E-state index is 12.5. The molecule has 0 saturated carbocycles. The summed E-state index contributed by atoms with van der Waals surface area (Å²) in [5.74, 6) is 0.436. The number of anilines is 1. The Balaban J connectivity index is 1.61. The van der Waals surface area contributed by atoms with Crippen molar-refractivity contribution >= 4 is 21.7 Å². The van der Waals surface area contributed by atoms with E-state index in [1.807, 2.05) is 12.1 Å². The number of sulfonamides is 1. The zero-order chi connectivity index (χ0) is 18.6. The lowest BCUT2D eigenvalue weighted by Gasteiger charge is -2.32. The van der Waals surface area contributed by atoms with Crippen LogP contribution in [0.15, 0.2) is 53.7 Å². The Kier molecular flexibility index (Phi) is 5.53. The SMILES string of the molecule is CNS(=O)(=O)c1cccc(NC(=O)N2CCC(c3ccncc3)CC2)c1. The molecule has 1 fully saturated rings. The number of hydrogen-bond donors (Lipinski definition) is 2. The van der Waals surface area contributed by atoms with Crippen molar-refractivity contribution in [3.8, 4) is 0 Å². The molecule has 1 aromatic heterocycles. The van der Waals surface area contributed by atoms with Gasteiger partial charge in [-0.1, -0.05) is 6.07 Å². The number of carbonyl (C=O) groups is 1. The van der Waals surface area contributed by atoms with Crippen LogP contribution < -0.4 is 10.0 Å². The zero-order valence-corrected chi connectivity index (χ0v) is 15.4. The van der Waals surface area contributed by atoms with Crippen LogP contribution >= 0.6 is 0 Å². The molecule has 1 aromatic carbocycles. The summed E-state index contributed by atoms with van der Waals surface area (Å²) in [4.78, 5) is 18.4. The van der Waals surface area contributed by atoms with Gasteiger partial charge < -0.3 is 10.2 Å². The Hall–Kier alpha value is -2.45. The summed E-state index contributed by atoms with van der Waals surface area (Å²) in [5.41, 5.74) is 1.72. The molecule has 3 rings (SSSR count). The van der Waals surface area contributed by atoms with Crippen LogP contribution in [0.2, 0.25) is 0 Å². The van der Waals surface area contributed by atoms with E-state index in [0.29, 0.717) is 24.7 Å². The lowest BCUT2D eigenvalue weighted by Crippen LogP contribution is -2.40. The first-order chi connectivity index (χ1) is 12.5. The second-order valence-corrected chi connectivity index (χ2v) is 8.09. The molecule has 26 heavy (non-hydrogen) atoms. The molecule has 0 aliphatic carbocycles. The number of nitrogens with zero attached hydrogens (tertiary/aromatic N) is 2. The van der Waals surface area contributed by atoms with Crippen molar-refractivity contribution < 1.29 is 13.2 Å². The van der Waals surface area contributed by atoms with E-state index in [0.717, 1.165) is 12.8 Å². The van der Waals surface area contributed by atoms with Gasteiger partial charge in [-0.25, -0.2) is 17.9 Å². The molecule has 7 nitrogen and oxygen atoms in total. The first-order valence-corrected chi connectivity index (χ1v) is 9.97. The van der Waals surface area contributed by atoms with E-state index < -0.39 is 10.0 Å². The monoisotopic (exact) mass is 374 g/mol. The molecule has 1 aliphatic heterocycles. The van der Waals surface area contributed by atoms with E-state index >= 15 is 0 Å². The zero-order valence-electron chi connectivity index (χ0n) is 14.6. The number of aromatic nitrogens is 1. The highest BCUT2D eigenvalue weighted by atomic mass is 32.2. The molecular weight excluding hydrogens is 352 g/mol. The van der Waals surface area contributed by atoms with Crippen LogP contribution in [-0.2, 0) is 10.0 Å². The van der Waals surface area contributed by atoms with Gasteiger partial charge in [0.2, 0.25) is 10.0 Å². The molecule has 0 bridgehead atoms. The maximum Gasteiger partial charge on any atom is 0.321 e. The summed E-state index contributed by atoms with van der Waals surface area (Å²) in [7, 11) is -2.18. The normalized spacial score (nSPS) is 15.7. The molecule has 1 aliphatic rings. The summed E-state index contributed by atoms with van der Waals surface area (Å²) in [5, 5.41) is 2.79. The number of likely N-dealkylation sites (tertiary alicyclic amines) is 1. The van der Waals surface area contributed by atoms with E-state index in [1.165, 1.54) is 24.7 Å². The minimum atomic E-state index is -3.54. The van der Waals surface area contributed by atoms with Crippen molar-refractivity contribution in [1.29, 1.82) is 0 Å². The number of urea groups is 1. The van der Waals surface area contributed by atoms with Crippen LogP contribution in [-0.4, -0.2) is 44.5 Å². The lowest BCUT2D eigenvalue weighted by molar-refractivity contribution is 0.194. The third-order valence-corrected chi connectivity index (χ3v) is 6.04. The van der Waals surface area contributed by atoms with Crippen LogP contribution in [0, 0.1) is 0 Å². The Bertz CT molecular complexity index is 863. The van der Waals surface area contributed by atoms with Gasteiger partial charge in [-0.3, -0.25) is 4.98 Å². The molecule has 0 radical (unpaired) electrons. The molecule has 0 spiro atoms. The topological polar surface area (TPSA) is 91.4 Å². The quantitative estimate of drug-likeness (QED) is 0.860. The second kappa shape index (κ2) is 7.84. The standard InChI is InChI=1S/C18H22N4O3S/c1-19-26(24,25)17-4-2-3-16(13-17)21-18(23)22-11-7-15(8-12-22)14-5-9-20-10-6-14/h2-6,9-10,13,15,19H,7-8,11-12H2,1H3,(H,21,23). The molecule has 2 N–H and O–H groups in total.